The first-order chi connectivity index (χ1) is 32.8. The molecule has 2 aromatic rings. The molecule has 0 aromatic heterocycles. The highest BCUT2D eigenvalue weighted by atomic mass is 16.5. The molecule has 0 saturated heterocycles. The van der Waals surface area contributed by atoms with Crippen LogP contribution in [0, 0.1) is 10.8 Å². The Balaban J connectivity index is 0.000000315. The maximum absolute atomic E-state index is 12.6. The van der Waals surface area contributed by atoms with E-state index >= 15 is 0 Å². The number of hydrogen-bond acceptors (Lipinski definition) is 6. The summed E-state index contributed by atoms with van der Waals surface area (Å²) in [7, 11) is 6.14. The fraction of sp³-hybridized carbons (Fsp3) is 0.419. The number of carbonyl (C=O) groups is 1. The lowest BCUT2D eigenvalue weighted by Crippen LogP contribution is -2.26. The Bertz CT molecular complexity index is 2480. The van der Waals surface area contributed by atoms with Crippen molar-refractivity contribution in [3.8, 4) is 34.1 Å². The van der Waals surface area contributed by atoms with Crippen molar-refractivity contribution < 1.29 is 23.7 Å². The Morgan fingerprint density at radius 3 is 1.54 bits per heavy atom. The first-order valence-electron chi connectivity index (χ1n) is 24.6. The number of methoxy groups -OCH3 is 4. The number of benzene rings is 1. The Kier molecular flexibility index (Phi) is 21.0. The summed E-state index contributed by atoms with van der Waals surface area (Å²) in [5.41, 5.74) is 14.7. The van der Waals surface area contributed by atoms with Crippen LogP contribution in [0.4, 0.5) is 0 Å². The molecule has 0 spiro atoms. The summed E-state index contributed by atoms with van der Waals surface area (Å²) in [6.45, 7) is 24.2. The minimum absolute atomic E-state index is 0.167. The van der Waals surface area contributed by atoms with Gasteiger partial charge in [-0.15, -0.1) is 0 Å². The average Bonchev–Trinajstić information content (AvgIpc) is 3.53. The van der Waals surface area contributed by atoms with Crippen LogP contribution in [0.15, 0.2) is 159 Å². The fourth-order valence-corrected chi connectivity index (χ4v) is 9.65. The number of fused-ring (bicyclic) bond motifs is 3. The predicted molar refractivity (Wildman–Crippen MR) is 291 cm³/mol. The van der Waals surface area contributed by atoms with Crippen molar-refractivity contribution in [2.45, 2.75) is 134 Å². The molecule has 69 heavy (non-hydrogen) atoms. The van der Waals surface area contributed by atoms with Crippen LogP contribution < -0.4 is 29.7 Å². The maximum Gasteiger partial charge on any atom is 0.220 e. The largest absolute Gasteiger partial charge is 0.493 e. The molecule has 0 heterocycles. The van der Waals surface area contributed by atoms with E-state index in [0.29, 0.717) is 46.5 Å². The lowest BCUT2D eigenvalue weighted by atomic mass is 9.72. The van der Waals surface area contributed by atoms with Crippen molar-refractivity contribution >= 4 is 5.91 Å². The van der Waals surface area contributed by atoms with Crippen molar-refractivity contribution in [1.82, 2.24) is 5.32 Å². The number of rotatable bonds is 15. The molecule has 7 heteroatoms. The van der Waals surface area contributed by atoms with E-state index in [2.05, 4.69) is 160 Å². The third-order valence-corrected chi connectivity index (χ3v) is 13.5. The van der Waals surface area contributed by atoms with E-state index in [1.807, 2.05) is 12.1 Å². The SMILES string of the molecule is CC1=C(/C=C/C(C)=C/C=C/C(C)=C/C=C/C=C(C)/C=C/C=C(C)/C=C/C2=C(C)CCCC2(C)C)C(C)(C)CCC1.COc1cc2c(c(OC)c1OC)-c1ccc(OC)c(=O)cc1[C@@H](NC(C)=O)CC2. The van der Waals surface area contributed by atoms with E-state index in [1.165, 1.54) is 92.1 Å². The Labute approximate surface area is 415 Å². The summed E-state index contributed by atoms with van der Waals surface area (Å²) >= 11 is 0. The lowest BCUT2D eigenvalue weighted by molar-refractivity contribution is -0.119. The topological polar surface area (TPSA) is 83.1 Å². The van der Waals surface area contributed by atoms with Crippen LogP contribution in [0.2, 0.25) is 0 Å². The van der Waals surface area contributed by atoms with Crippen LogP contribution in [0.3, 0.4) is 0 Å². The minimum atomic E-state index is -0.332. The molecular weight excluding hydrogens is 855 g/mol. The molecule has 0 aliphatic heterocycles. The Morgan fingerprint density at radius 2 is 1.09 bits per heavy atom. The van der Waals surface area contributed by atoms with Gasteiger partial charge in [0.1, 0.15) is 0 Å². The molecule has 0 bridgehead atoms. The van der Waals surface area contributed by atoms with Gasteiger partial charge in [0.25, 0.3) is 0 Å². The smallest absolute Gasteiger partial charge is 0.220 e. The molecule has 0 unspecified atom stereocenters. The fourth-order valence-electron chi connectivity index (χ4n) is 9.65. The van der Waals surface area contributed by atoms with E-state index in [9.17, 15) is 9.59 Å². The van der Waals surface area contributed by atoms with Crippen molar-refractivity contribution in [3.05, 3.63) is 175 Å². The lowest BCUT2D eigenvalue weighted by Gasteiger charge is -2.33. The van der Waals surface area contributed by atoms with Gasteiger partial charge in [-0.25, -0.2) is 0 Å². The number of nitrogens with one attached hydrogen (secondary N) is 1. The van der Waals surface area contributed by atoms with Gasteiger partial charge in [0.15, 0.2) is 17.2 Å². The molecule has 1 N–H and O–H groups in total. The van der Waals surface area contributed by atoms with Gasteiger partial charge >= 0.3 is 0 Å². The van der Waals surface area contributed by atoms with Crippen LogP contribution in [0.1, 0.15) is 138 Å². The van der Waals surface area contributed by atoms with Gasteiger partial charge < -0.3 is 24.3 Å². The van der Waals surface area contributed by atoms with Crippen LogP contribution in [-0.2, 0) is 11.2 Å². The first kappa shape index (κ1) is 55.5. The highest BCUT2D eigenvalue weighted by Gasteiger charge is 2.30. The number of carbonyl (C=O) groups excluding carboxylic acids is 1. The van der Waals surface area contributed by atoms with E-state index in [4.69, 9.17) is 18.9 Å². The van der Waals surface area contributed by atoms with Crippen LogP contribution in [0.25, 0.3) is 11.1 Å². The highest BCUT2D eigenvalue weighted by molar-refractivity contribution is 5.83. The number of ether oxygens (including phenoxy) is 4. The normalized spacial score (nSPS) is 18.9. The molecule has 370 valence electrons. The summed E-state index contributed by atoms with van der Waals surface area (Å²) in [6, 6.07) is 6.57. The summed E-state index contributed by atoms with van der Waals surface area (Å²) < 4.78 is 22.0. The van der Waals surface area contributed by atoms with Gasteiger partial charge in [-0.1, -0.05) is 152 Å². The average molecular weight is 936 g/mol. The molecule has 3 aliphatic carbocycles. The molecule has 0 fully saturated rings. The Morgan fingerprint density at radius 1 is 0.609 bits per heavy atom. The second-order valence-corrected chi connectivity index (χ2v) is 20.0. The molecule has 2 aromatic carbocycles. The molecule has 7 nitrogen and oxygen atoms in total. The Hall–Kier alpha value is -6.08. The second-order valence-electron chi connectivity index (χ2n) is 20.0. The van der Waals surface area contributed by atoms with Crippen molar-refractivity contribution in [1.29, 1.82) is 0 Å². The quantitative estimate of drug-likeness (QED) is 0.179. The zero-order valence-corrected chi connectivity index (χ0v) is 44.6. The van der Waals surface area contributed by atoms with Crippen molar-refractivity contribution in [2.75, 3.05) is 28.4 Å². The van der Waals surface area contributed by atoms with Gasteiger partial charge in [0.05, 0.1) is 34.5 Å². The summed E-state index contributed by atoms with van der Waals surface area (Å²) in [6.07, 6.45) is 39.7. The molecule has 1 atom stereocenters. The summed E-state index contributed by atoms with van der Waals surface area (Å²) in [4.78, 5) is 24.5. The van der Waals surface area contributed by atoms with Crippen LogP contribution in [0.5, 0.6) is 23.0 Å². The molecule has 1 amide bonds. The monoisotopic (exact) mass is 936 g/mol. The summed E-state index contributed by atoms with van der Waals surface area (Å²) in [5.74, 6) is 1.60. The van der Waals surface area contributed by atoms with Gasteiger partial charge in [-0.2, -0.15) is 0 Å². The molecule has 0 radical (unpaired) electrons. The third-order valence-electron chi connectivity index (χ3n) is 13.5. The number of aryl methyl sites for hydroxylation is 1. The predicted octanol–water partition coefficient (Wildman–Crippen LogP) is 15.5. The van der Waals surface area contributed by atoms with Crippen LogP contribution in [-0.4, -0.2) is 34.3 Å². The van der Waals surface area contributed by atoms with E-state index < -0.39 is 0 Å². The standard InChI is InChI=1S/C40H56.C22H25NO6/c1-31(19-13-21-33(3)25-27-37-35(5)23-15-29-39(37,7)8)17-11-12-18-32(2)20-14-22-34(4)26-28-38-36(6)24-16-30-40(38,9)10;1-12(24)23-16-8-6-13-10-19(27-3)21(28-4)22(29-5)20(13)14-7-9-18(26-2)17(25)11-15(14)16/h11-14,17-22,25-28H,15-16,23-24,29-30H2,1-10H3;7,9-11,16H,6,8H2,1-5H3,(H,23,24)/b12-11+,19-13+,20-14+,27-25+,28-26+,31-17+,32-18+,33-21+,34-22+;/t;16-/m.0/s1. The summed E-state index contributed by atoms with van der Waals surface area (Å²) in [5, 5.41) is 2.96. The number of amides is 1. The molecule has 3 aliphatic rings. The van der Waals surface area contributed by atoms with Crippen LogP contribution >= 0.6 is 0 Å². The van der Waals surface area contributed by atoms with Gasteiger partial charge in [-0.05, 0) is 150 Å². The van der Waals surface area contributed by atoms with Gasteiger partial charge in [-0.3, -0.25) is 9.59 Å². The van der Waals surface area contributed by atoms with E-state index in [-0.39, 0.29) is 23.1 Å². The minimum Gasteiger partial charge on any atom is -0.493 e. The molecule has 5 rings (SSSR count). The second kappa shape index (κ2) is 26.1. The van der Waals surface area contributed by atoms with Crippen molar-refractivity contribution in [3.63, 3.8) is 0 Å². The maximum atomic E-state index is 12.6. The number of allylic oxidation sites excluding steroid dienone is 22. The van der Waals surface area contributed by atoms with E-state index in [0.717, 1.165) is 16.7 Å². The third kappa shape index (κ3) is 15.7. The first-order valence-corrected chi connectivity index (χ1v) is 24.6. The zero-order valence-electron chi connectivity index (χ0n) is 44.6. The molecule has 0 saturated carbocycles. The highest BCUT2D eigenvalue weighted by Crippen LogP contribution is 2.50. The van der Waals surface area contributed by atoms with E-state index in [1.54, 1.807) is 38.5 Å². The number of hydrogen-bond donors (Lipinski definition) is 1. The van der Waals surface area contributed by atoms with Gasteiger partial charge in [0.2, 0.25) is 17.1 Å². The molecular formula is C62H81NO6. The van der Waals surface area contributed by atoms with Gasteiger partial charge in [0, 0.05) is 12.5 Å². The van der Waals surface area contributed by atoms with Crippen molar-refractivity contribution in [2.24, 2.45) is 10.8 Å². The zero-order chi connectivity index (χ0) is 50.9.